The third-order valence-electron chi connectivity index (χ3n) is 1.96. The molecule has 1 unspecified atom stereocenters. The maximum absolute atomic E-state index is 11.2. The fourth-order valence-corrected chi connectivity index (χ4v) is 2.83. The van der Waals surface area contributed by atoms with E-state index in [-0.39, 0.29) is 0 Å². The summed E-state index contributed by atoms with van der Waals surface area (Å²) in [7, 11) is -4.21. The second-order valence-electron chi connectivity index (χ2n) is 2.91. The Morgan fingerprint density at radius 3 is 2.43 bits per heavy atom. The molecule has 0 amide bonds. The maximum Gasteiger partial charge on any atom is 0.538 e. The number of phosphoric acid groups is 1. The van der Waals surface area contributed by atoms with Crippen molar-refractivity contribution < 1.29 is 38.3 Å². The van der Waals surface area contributed by atoms with Gasteiger partial charge in [-0.05, 0) is 0 Å². The van der Waals surface area contributed by atoms with Gasteiger partial charge in [-0.2, -0.15) is 0 Å². The molecule has 2 aliphatic heterocycles. The van der Waals surface area contributed by atoms with Crippen molar-refractivity contribution >= 4 is 13.8 Å². The first-order valence-corrected chi connectivity index (χ1v) is 5.12. The van der Waals surface area contributed by atoms with Crippen molar-refractivity contribution in [2.24, 2.45) is 0 Å². The number of aliphatic hydroxyl groups excluding tert-OH is 1. The molecule has 0 aromatic rings. The Labute approximate surface area is 77.6 Å². The molecular weight excluding hydrogens is 219 g/mol. The van der Waals surface area contributed by atoms with Crippen molar-refractivity contribution in [2.45, 2.75) is 18.0 Å². The molecule has 0 aromatic carbocycles. The van der Waals surface area contributed by atoms with Crippen LogP contribution in [0.15, 0.2) is 0 Å². The molecule has 8 nitrogen and oxygen atoms in total. The van der Waals surface area contributed by atoms with Gasteiger partial charge in [0.25, 0.3) is 0 Å². The molecule has 3 atom stereocenters. The van der Waals surface area contributed by atoms with Crippen molar-refractivity contribution in [1.29, 1.82) is 0 Å². The highest BCUT2D eigenvalue weighted by atomic mass is 31.2. The summed E-state index contributed by atoms with van der Waals surface area (Å²) in [5, 5.41) is 27.6. The predicted molar refractivity (Wildman–Crippen MR) is 37.5 cm³/mol. The highest BCUT2D eigenvalue weighted by Crippen LogP contribution is 2.70. The van der Waals surface area contributed by atoms with Gasteiger partial charge in [0.15, 0.2) is 0 Å². The summed E-state index contributed by atoms with van der Waals surface area (Å²) in [4.78, 5) is 11.0. The molecule has 0 aliphatic carbocycles. The minimum atomic E-state index is -4.21. The highest BCUT2D eigenvalue weighted by molar-refractivity contribution is 7.50. The number of hydrogen-bond donors (Lipinski definition) is 3. The van der Waals surface area contributed by atoms with Crippen LogP contribution >= 0.6 is 7.82 Å². The van der Waals surface area contributed by atoms with Gasteiger partial charge >= 0.3 is 19.6 Å². The Morgan fingerprint density at radius 1 is 1.36 bits per heavy atom. The zero-order valence-corrected chi connectivity index (χ0v) is 7.64. The standard InChI is InChI=1S/C5H7O8P/c6-2-1-4(8)5(9)3(7)11-14(10,12-4)13-5/h6,8-9H,1-2H2/t4-,5-,14?/m0/s1. The van der Waals surface area contributed by atoms with E-state index in [2.05, 4.69) is 13.6 Å². The summed E-state index contributed by atoms with van der Waals surface area (Å²) >= 11 is 0. The number of rotatable bonds is 2. The molecule has 2 bridgehead atoms. The Morgan fingerprint density at radius 2 is 2.00 bits per heavy atom. The molecular formula is C5H7O8P. The predicted octanol–water partition coefficient (Wildman–Crippen LogP) is -1.54. The Bertz CT molecular complexity index is 341. The van der Waals surface area contributed by atoms with E-state index >= 15 is 0 Å². The van der Waals surface area contributed by atoms with Gasteiger partial charge in [0.05, 0.1) is 0 Å². The smallest absolute Gasteiger partial charge is 0.396 e. The topological polar surface area (TPSA) is 123 Å². The quantitative estimate of drug-likeness (QED) is 0.484. The zero-order valence-electron chi connectivity index (χ0n) is 6.74. The SMILES string of the molecule is O=C1OP2(=O)O[C@]1(O)[C@](O)(CCO)O2. The molecule has 0 saturated carbocycles. The third kappa shape index (κ3) is 1.01. The van der Waals surface area contributed by atoms with Gasteiger partial charge in [0.1, 0.15) is 0 Å². The lowest BCUT2D eigenvalue weighted by molar-refractivity contribution is -0.291. The van der Waals surface area contributed by atoms with E-state index in [4.69, 9.17) is 5.11 Å². The molecule has 2 rings (SSSR count). The van der Waals surface area contributed by atoms with Crippen LogP contribution in [-0.2, 0) is 22.9 Å². The van der Waals surface area contributed by atoms with Crippen LogP contribution in [0.5, 0.6) is 0 Å². The van der Waals surface area contributed by atoms with Gasteiger partial charge in [-0.1, -0.05) is 0 Å². The van der Waals surface area contributed by atoms with Crippen molar-refractivity contribution in [3.8, 4) is 0 Å². The van der Waals surface area contributed by atoms with E-state index in [9.17, 15) is 19.6 Å². The van der Waals surface area contributed by atoms with E-state index in [0.29, 0.717) is 0 Å². The third-order valence-corrected chi connectivity index (χ3v) is 3.36. The Balaban J connectivity index is 2.41. The molecule has 2 fully saturated rings. The summed E-state index contributed by atoms with van der Waals surface area (Å²) in [6.45, 7) is -0.588. The first-order valence-electron chi connectivity index (χ1n) is 3.66. The largest absolute Gasteiger partial charge is 0.538 e. The molecule has 2 heterocycles. The molecule has 2 saturated heterocycles. The molecule has 2 aliphatic rings. The molecule has 0 spiro atoms. The van der Waals surface area contributed by atoms with Crippen molar-refractivity contribution in [2.75, 3.05) is 6.61 Å². The monoisotopic (exact) mass is 226 g/mol. The molecule has 14 heavy (non-hydrogen) atoms. The molecule has 0 radical (unpaired) electrons. The van der Waals surface area contributed by atoms with E-state index in [0.717, 1.165) is 0 Å². The van der Waals surface area contributed by atoms with Gasteiger partial charge in [0, 0.05) is 13.0 Å². The van der Waals surface area contributed by atoms with E-state index in [1.54, 1.807) is 0 Å². The highest BCUT2D eigenvalue weighted by Gasteiger charge is 2.78. The lowest BCUT2D eigenvalue weighted by atomic mass is 10.0. The van der Waals surface area contributed by atoms with Gasteiger partial charge in [-0.3, -0.25) is 0 Å². The van der Waals surface area contributed by atoms with E-state index in [1.165, 1.54) is 0 Å². The van der Waals surface area contributed by atoms with Crippen LogP contribution in [0.4, 0.5) is 0 Å². The van der Waals surface area contributed by atoms with Crippen molar-refractivity contribution in [3.05, 3.63) is 0 Å². The van der Waals surface area contributed by atoms with Crippen LogP contribution in [0.3, 0.4) is 0 Å². The van der Waals surface area contributed by atoms with Crippen LogP contribution in [-0.4, -0.2) is 39.5 Å². The Hall–Kier alpha value is -0.500. The second-order valence-corrected chi connectivity index (χ2v) is 4.35. The minimum absolute atomic E-state index is 0.525. The van der Waals surface area contributed by atoms with Crippen LogP contribution in [0.25, 0.3) is 0 Å². The number of phosphoric ester groups is 1. The lowest BCUT2D eigenvalue weighted by Crippen LogP contribution is -2.58. The summed E-state index contributed by atoms with van der Waals surface area (Å²) in [5.74, 6) is -6.72. The summed E-state index contributed by atoms with van der Waals surface area (Å²) < 4.78 is 24.0. The number of hydrogen-bond acceptors (Lipinski definition) is 8. The van der Waals surface area contributed by atoms with Gasteiger partial charge in [-0.25, -0.2) is 18.4 Å². The van der Waals surface area contributed by atoms with Crippen LogP contribution < -0.4 is 0 Å². The lowest BCUT2D eigenvalue weighted by Gasteiger charge is -2.30. The van der Waals surface area contributed by atoms with Crippen LogP contribution in [0, 0.1) is 0 Å². The first-order chi connectivity index (χ1) is 6.35. The zero-order chi connectivity index (χ0) is 10.6. The average molecular weight is 226 g/mol. The summed E-state index contributed by atoms with van der Waals surface area (Å²) in [5.41, 5.74) is 0. The molecule has 80 valence electrons. The van der Waals surface area contributed by atoms with Gasteiger partial charge in [0.2, 0.25) is 5.79 Å². The maximum atomic E-state index is 11.2. The normalized spacial score (nSPS) is 50.9. The van der Waals surface area contributed by atoms with Crippen molar-refractivity contribution in [3.63, 3.8) is 0 Å². The van der Waals surface area contributed by atoms with Crippen LogP contribution in [0.1, 0.15) is 6.42 Å². The van der Waals surface area contributed by atoms with Gasteiger partial charge in [-0.15, -0.1) is 0 Å². The second kappa shape index (κ2) is 2.54. The minimum Gasteiger partial charge on any atom is -0.396 e. The number of fused-ring (bicyclic) bond motifs is 2. The number of aliphatic hydroxyl groups is 3. The van der Waals surface area contributed by atoms with E-state index < -0.39 is 38.4 Å². The van der Waals surface area contributed by atoms with Crippen LogP contribution in [0.2, 0.25) is 0 Å². The molecule has 3 N–H and O–H groups in total. The average Bonchev–Trinajstić information content (AvgIpc) is 2.32. The Kier molecular flexibility index (Phi) is 1.82. The molecule has 0 aromatic heterocycles. The fourth-order valence-electron chi connectivity index (χ4n) is 1.26. The fraction of sp³-hybridized carbons (Fsp3) is 0.800. The molecule has 9 heteroatoms. The summed E-state index contributed by atoms with van der Waals surface area (Å²) in [6.07, 6.45) is -0.525. The number of carbonyl (C=O) groups excluding carboxylic acids is 1. The van der Waals surface area contributed by atoms with E-state index in [1.807, 2.05) is 0 Å². The first kappa shape index (κ1) is 10.0. The summed E-state index contributed by atoms with van der Waals surface area (Å²) in [6, 6.07) is 0. The number of carbonyl (C=O) groups is 1. The van der Waals surface area contributed by atoms with Gasteiger partial charge < -0.3 is 19.8 Å². The van der Waals surface area contributed by atoms with Crippen molar-refractivity contribution in [1.82, 2.24) is 0 Å².